The molecule has 0 atom stereocenters. The monoisotopic (exact) mass is 390 g/mol. The van der Waals surface area contributed by atoms with E-state index in [9.17, 15) is 0 Å². The zero-order valence-corrected chi connectivity index (χ0v) is 14.8. The fourth-order valence-electron chi connectivity index (χ4n) is 2.24. The summed E-state index contributed by atoms with van der Waals surface area (Å²) in [7, 11) is 0. The van der Waals surface area contributed by atoms with Crippen molar-refractivity contribution >= 4 is 57.5 Å². The van der Waals surface area contributed by atoms with Gasteiger partial charge in [-0.2, -0.15) is 0 Å². The average Bonchev–Trinajstić information content (AvgIpc) is 3.01. The molecule has 4 rings (SSSR count). The number of hydrogen-bond acceptors (Lipinski definition) is 5. The minimum atomic E-state index is 0.395. The summed E-state index contributed by atoms with van der Waals surface area (Å²) in [5.41, 5.74) is 2.64. The number of rotatable bonds is 3. The molecule has 1 N–H and O–H groups in total. The van der Waals surface area contributed by atoms with Crippen LogP contribution in [0.2, 0.25) is 15.1 Å². The third-order valence-electron chi connectivity index (χ3n) is 3.43. The Morgan fingerprint density at radius 2 is 1.60 bits per heavy atom. The van der Waals surface area contributed by atoms with Gasteiger partial charge in [-0.1, -0.05) is 34.8 Å². The van der Waals surface area contributed by atoms with Gasteiger partial charge in [-0.15, -0.1) is 0 Å². The molecule has 0 saturated heterocycles. The highest BCUT2D eigenvalue weighted by atomic mass is 35.5. The Balaban J connectivity index is 1.60. The van der Waals surface area contributed by atoms with Crippen LogP contribution in [0.3, 0.4) is 0 Å². The first-order valence-corrected chi connectivity index (χ1v) is 8.32. The first-order chi connectivity index (χ1) is 12.1. The van der Waals surface area contributed by atoms with Gasteiger partial charge >= 0.3 is 0 Å². The van der Waals surface area contributed by atoms with Crippen LogP contribution in [0.15, 0.2) is 53.2 Å². The molecule has 0 unspecified atom stereocenters. The van der Waals surface area contributed by atoms with E-state index in [-0.39, 0.29) is 0 Å². The van der Waals surface area contributed by atoms with E-state index < -0.39 is 0 Å². The summed E-state index contributed by atoms with van der Waals surface area (Å²) in [5.74, 6) is 0.820. The molecular formula is C17H9Cl3N4O. The van der Waals surface area contributed by atoms with Gasteiger partial charge in [-0.3, -0.25) is 0 Å². The minimum Gasteiger partial charge on any atom is -0.436 e. The van der Waals surface area contributed by atoms with Crippen molar-refractivity contribution in [3.63, 3.8) is 0 Å². The number of hydrogen-bond donors (Lipinski definition) is 1. The standard InChI is InChI=1S/C17H9Cl3N4O/c18-10-1-3-13(12(20)5-10)24-17-21-7-9(8-22-17)16-23-14-6-11(19)2-4-15(14)25-16/h1-8H,(H,21,22,24). The third kappa shape index (κ3) is 3.39. The molecule has 0 radical (unpaired) electrons. The quantitative estimate of drug-likeness (QED) is 0.465. The van der Waals surface area contributed by atoms with Gasteiger partial charge in [0, 0.05) is 22.4 Å². The number of nitrogens with one attached hydrogen (secondary N) is 1. The van der Waals surface area contributed by atoms with Crippen LogP contribution >= 0.6 is 34.8 Å². The maximum atomic E-state index is 6.13. The van der Waals surface area contributed by atoms with Crippen LogP contribution in [0.1, 0.15) is 0 Å². The Kier molecular flexibility index (Phi) is 4.21. The second kappa shape index (κ2) is 6.52. The van der Waals surface area contributed by atoms with Gasteiger partial charge in [0.25, 0.3) is 0 Å². The summed E-state index contributed by atoms with van der Waals surface area (Å²) in [5, 5.41) is 4.67. The molecule has 0 saturated carbocycles. The Labute approximate surface area is 157 Å². The second-order valence-corrected chi connectivity index (χ2v) is 6.46. The topological polar surface area (TPSA) is 63.8 Å². The fraction of sp³-hybridized carbons (Fsp3) is 0. The van der Waals surface area contributed by atoms with Crippen LogP contribution in [-0.4, -0.2) is 15.0 Å². The molecule has 0 fully saturated rings. The molecule has 0 spiro atoms. The Bertz CT molecular complexity index is 1060. The van der Waals surface area contributed by atoms with Crippen LogP contribution in [0.4, 0.5) is 11.6 Å². The molecule has 5 nitrogen and oxygen atoms in total. The number of aromatic nitrogens is 3. The van der Waals surface area contributed by atoms with E-state index in [1.165, 1.54) is 0 Å². The number of fused-ring (bicyclic) bond motifs is 1. The van der Waals surface area contributed by atoms with Gasteiger partial charge in [0.1, 0.15) is 5.52 Å². The highest BCUT2D eigenvalue weighted by Crippen LogP contribution is 2.28. The van der Waals surface area contributed by atoms with Crippen LogP contribution in [-0.2, 0) is 0 Å². The lowest BCUT2D eigenvalue weighted by atomic mass is 10.3. The van der Waals surface area contributed by atoms with Crippen molar-refractivity contribution in [1.29, 1.82) is 0 Å². The Morgan fingerprint density at radius 3 is 2.36 bits per heavy atom. The first-order valence-electron chi connectivity index (χ1n) is 7.19. The van der Waals surface area contributed by atoms with Crippen LogP contribution in [0, 0.1) is 0 Å². The molecule has 0 aliphatic heterocycles. The molecule has 0 amide bonds. The zero-order valence-electron chi connectivity index (χ0n) is 12.5. The SMILES string of the molecule is Clc1ccc(Nc2ncc(-c3nc4cc(Cl)ccc4o3)cn2)c(Cl)c1. The van der Waals surface area contributed by atoms with Crippen LogP contribution < -0.4 is 5.32 Å². The average molecular weight is 392 g/mol. The number of oxazole rings is 1. The summed E-state index contributed by atoms with van der Waals surface area (Å²) >= 11 is 18.0. The van der Waals surface area contributed by atoms with Crippen molar-refractivity contribution in [2.24, 2.45) is 0 Å². The first kappa shape index (κ1) is 16.1. The van der Waals surface area contributed by atoms with Gasteiger partial charge in [0.15, 0.2) is 5.58 Å². The second-order valence-electron chi connectivity index (χ2n) is 5.18. The molecule has 25 heavy (non-hydrogen) atoms. The lowest BCUT2D eigenvalue weighted by molar-refractivity contribution is 0.619. The molecule has 2 aromatic heterocycles. The number of nitrogens with zero attached hydrogens (tertiary/aromatic N) is 3. The van der Waals surface area contributed by atoms with E-state index >= 15 is 0 Å². The summed E-state index contributed by atoms with van der Waals surface area (Å²) < 4.78 is 5.69. The van der Waals surface area contributed by atoms with E-state index in [0.29, 0.717) is 49.3 Å². The highest BCUT2D eigenvalue weighted by Gasteiger charge is 2.10. The molecule has 0 aliphatic carbocycles. The van der Waals surface area contributed by atoms with Crippen molar-refractivity contribution in [2.45, 2.75) is 0 Å². The van der Waals surface area contributed by atoms with E-state index in [1.54, 1.807) is 48.8 Å². The smallest absolute Gasteiger partial charge is 0.230 e. The van der Waals surface area contributed by atoms with E-state index in [1.807, 2.05) is 0 Å². The van der Waals surface area contributed by atoms with Crippen LogP contribution in [0.5, 0.6) is 0 Å². The summed E-state index contributed by atoms with van der Waals surface area (Å²) in [4.78, 5) is 12.9. The number of halogens is 3. The fourth-order valence-corrected chi connectivity index (χ4v) is 2.86. The molecule has 0 aliphatic rings. The number of anilines is 2. The van der Waals surface area contributed by atoms with E-state index in [0.717, 1.165) is 0 Å². The maximum Gasteiger partial charge on any atom is 0.230 e. The summed E-state index contributed by atoms with van der Waals surface area (Å²) in [6, 6.07) is 10.4. The van der Waals surface area contributed by atoms with Gasteiger partial charge < -0.3 is 9.73 Å². The summed E-state index contributed by atoms with van der Waals surface area (Å²) in [6.45, 7) is 0. The van der Waals surface area contributed by atoms with Crippen molar-refractivity contribution in [3.05, 3.63) is 63.9 Å². The molecule has 4 aromatic rings. The van der Waals surface area contributed by atoms with Crippen molar-refractivity contribution < 1.29 is 4.42 Å². The van der Waals surface area contributed by atoms with Gasteiger partial charge in [-0.25, -0.2) is 15.0 Å². The van der Waals surface area contributed by atoms with E-state index in [4.69, 9.17) is 39.2 Å². The van der Waals surface area contributed by atoms with Gasteiger partial charge in [0.05, 0.1) is 16.3 Å². The molecule has 2 aromatic carbocycles. The Morgan fingerprint density at radius 1 is 0.880 bits per heavy atom. The minimum absolute atomic E-state index is 0.395. The number of benzene rings is 2. The third-order valence-corrected chi connectivity index (χ3v) is 4.21. The molecule has 8 heteroatoms. The zero-order chi connectivity index (χ0) is 17.4. The molecule has 0 bridgehead atoms. The highest BCUT2D eigenvalue weighted by molar-refractivity contribution is 6.36. The van der Waals surface area contributed by atoms with Crippen molar-refractivity contribution in [3.8, 4) is 11.5 Å². The van der Waals surface area contributed by atoms with Crippen molar-refractivity contribution in [2.75, 3.05) is 5.32 Å². The molecule has 2 heterocycles. The van der Waals surface area contributed by atoms with Crippen LogP contribution in [0.25, 0.3) is 22.6 Å². The lowest BCUT2D eigenvalue weighted by Gasteiger charge is -2.07. The molecular weight excluding hydrogens is 383 g/mol. The van der Waals surface area contributed by atoms with Gasteiger partial charge in [0.2, 0.25) is 11.8 Å². The maximum absolute atomic E-state index is 6.13. The Hall–Kier alpha value is -2.34. The predicted molar refractivity (Wildman–Crippen MR) is 99.8 cm³/mol. The van der Waals surface area contributed by atoms with E-state index in [2.05, 4.69) is 20.3 Å². The largest absolute Gasteiger partial charge is 0.436 e. The lowest BCUT2D eigenvalue weighted by Crippen LogP contribution is -1.97. The van der Waals surface area contributed by atoms with Crippen molar-refractivity contribution in [1.82, 2.24) is 15.0 Å². The predicted octanol–water partition coefficient (Wildman–Crippen LogP) is 5.99. The molecule has 124 valence electrons. The van der Waals surface area contributed by atoms with Gasteiger partial charge in [-0.05, 0) is 36.4 Å². The normalized spacial score (nSPS) is 11.0. The summed E-state index contributed by atoms with van der Waals surface area (Å²) in [6.07, 6.45) is 3.23.